The predicted octanol–water partition coefficient (Wildman–Crippen LogP) is -0.0216. The van der Waals surface area contributed by atoms with E-state index in [4.69, 9.17) is 5.11 Å². The summed E-state index contributed by atoms with van der Waals surface area (Å²) in [5, 5.41) is 8.83. The van der Waals surface area contributed by atoms with Crippen molar-refractivity contribution in [2.75, 3.05) is 19.0 Å². The summed E-state index contributed by atoms with van der Waals surface area (Å²) in [4.78, 5) is 6.02. The van der Waals surface area contributed by atoms with Gasteiger partial charge in [0.05, 0.1) is 18.5 Å². The summed E-state index contributed by atoms with van der Waals surface area (Å²) in [6, 6.07) is 0. The Morgan fingerprint density at radius 1 is 1.64 bits per heavy atom. The number of anilines is 1. The highest BCUT2D eigenvalue weighted by atomic mass is 16.3. The Balaban J connectivity index is 3.00. The monoisotopic (exact) mass is 155 g/mol. The molecule has 4 nitrogen and oxygen atoms in total. The normalized spacial score (nSPS) is 10.2. The lowest BCUT2D eigenvalue weighted by Gasteiger charge is -2.11. The van der Waals surface area contributed by atoms with Crippen LogP contribution in [0.5, 0.6) is 0 Å². The largest absolute Gasteiger partial charge is 0.390 e. The van der Waals surface area contributed by atoms with Gasteiger partial charge < -0.3 is 14.6 Å². The second-order valence-corrected chi connectivity index (χ2v) is 2.66. The number of nitrogens with zero attached hydrogens (tertiary/aromatic N) is 3. The molecular formula is C7H13N3O. The van der Waals surface area contributed by atoms with Crippen LogP contribution in [0.1, 0.15) is 5.69 Å². The Morgan fingerprint density at radius 3 is 2.55 bits per heavy atom. The molecule has 0 radical (unpaired) electrons. The second kappa shape index (κ2) is 2.92. The van der Waals surface area contributed by atoms with Gasteiger partial charge >= 0.3 is 0 Å². The fourth-order valence-corrected chi connectivity index (χ4v) is 0.996. The number of aliphatic hydroxyl groups excluding tert-OH is 1. The maximum atomic E-state index is 8.83. The predicted molar refractivity (Wildman–Crippen MR) is 43.5 cm³/mol. The minimum absolute atomic E-state index is 0.0390. The summed E-state index contributed by atoms with van der Waals surface area (Å²) >= 11 is 0. The van der Waals surface area contributed by atoms with Crippen molar-refractivity contribution in [2.24, 2.45) is 7.05 Å². The molecule has 0 aliphatic heterocycles. The maximum Gasteiger partial charge on any atom is 0.204 e. The Hall–Kier alpha value is -1.03. The van der Waals surface area contributed by atoms with Gasteiger partial charge in [-0.3, -0.25) is 0 Å². The lowest BCUT2D eigenvalue weighted by atomic mass is 10.5. The molecule has 0 aliphatic rings. The number of aliphatic hydroxyl groups is 1. The fourth-order valence-electron chi connectivity index (χ4n) is 0.996. The number of hydrogen-bond acceptors (Lipinski definition) is 3. The molecule has 1 aromatic rings. The van der Waals surface area contributed by atoms with Gasteiger partial charge in [0.15, 0.2) is 0 Å². The topological polar surface area (TPSA) is 41.3 Å². The van der Waals surface area contributed by atoms with Crippen LogP contribution in [0.4, 0.5) is 5.95 Å². The standard InChI is InChI=1S/C7H13N3O/c1-9(2)7-8-4-6(5-11)10(7)3/h4,11H,5H2,1-3H3. The fraction of sp³-hybridized carbons (Fsp3) is 0.571. The Bertz CT molecular complexity index is 242. The summed E-state index contributed by atoms with van der Waals surface area (Å²) in [5.74, 6) is 0.856. The summed E-state index contributed by atoms with van der Waals surface area (Å²) in [6.07, 6.45) is 1.68. The van der Waals surface area contributed by atoms with Crippen molar-refractivity contribution in [1.82, 2.24) is 9.55 Å². The lowest BCUT2D eigenvalue weighted by Crippen LogP contribution is -2.14. The molecule has 1 heterocycles. The zero-order chi connectivity index (χ0) is 8.43. The maximum absolute atomic E-state index is 8.83. The van der Waals surface area contributed by atoms with Crippen LogP contribution in [0, 0.1) is 0 Å². The van der Waals surface area contributed by atoms with Crippen molar-refractivity contribution >= 4 is 5.95 Å². The van der Waals surface area contributed by atoms with E-state index in [9.17, 15) is 0 Å². The first-order valence-electron chi connectivity index (χ1n) is 3.45. The Kier molecular flexibility index (Phi) is 2.14. The van der Waals surface area contributed by atoms with Gasteiger partial charge in [0.25, 0.3) is 0 Å². The first-order chi connectivity index (χ1) is 5.16. The third-order valence-corrected chi connectivity index (χ3v) is 1.62. The van der Waals surface area contributed by atoms with E-state index in [-0.39, 0.29) is 6.61 Å². The number of imidazole rings is 1. The molecule has 62 valence electrons. The van der Waals surface area contributed by atoms with Gasteiger partial charge in [-0.25, -0.2) is 4.98 Å². The number of rotatable bonds is 2. The van der Waals surface area contributed by atoms with Crippen LogP contribution in [0.15, 0.2) is 6.20 Å². The lowest BCUT2D eigenvalue weighted by molar-refractivity contribution is 0.273. The van der Waals surface area contributed by atoms with Gasteiger partial charge in [0, 0.05) is 21.1 Å². The number of hydrogen-bond donors (Lipinski definition) is 1. The van der Waals surface area contributed by atoms with E-state index < -0.39 is 0 Å². The molecule has 0 fully saturated rings. The quantitative estimate of drug-likeness (QED) is 0.652. The van der Waals surface area contributed by atoms with Crippen LogP contribution in [0.2, 0.25) is 0 Å². The third kappa shape index (κ3) is 1.35. The molecule has 4 heteroatoms. The number of aromatic nitrogens is 2. The highest BCUT2D eigenvalue weighted by molar-refractivity contribution is 5.30. The van der Waals surface area contributed by atoms with Crippen molar-refractivity contribution in [3.05, 3.63) is 11.9 Å². The van der Waals surface area contributed by atoms with Gasteiger partial charge in [-0.05, 0) is 0 Å². The third-order valence-electron chi connectivity index (χ3n) is 1.62. The average Bonchev–Trinajstić information content (AvgIpc) is 2.30. The van der Waals surface area contributed by atoms with E-state index in [1.165, 1.54) is 0 Å². The van der Waals surface area contributed by atoms with Crippen molar-refractivity contribution in [3.63, 3.8) is 0 Å². The van der Waals surface area contributed by atoms with Crippen LogP contribution in [-0.2, 0) is 13.7 Å². The summed E-state index contributed by atoms with van der Waals surface area (Å²) < 4.78 is 1.86. The molecule has 1 N–H and O–H groups in total. The van der Waals surface area contributed by atoms with Crippen molar-refractivity contribution in [3.8, 4) is 0 Å². The van der Waals surface area contributed by atoms with Crippen LogP contribution in [0.3, 0.4) is 0 Å². The second-order valence-electron chi connectivity index (χ2n) is 2.66. The van der Waals surface area contributed by atoms with E-state index in [1.807, 2.05) is 30.6 Å². The van der Waals surface area contributed by atoms with E-state index in [0.717, 1.165) is 11.6 Å². The van der Waals surface area contributed by atoms with Gasteiger partial charge in [-0.1, -0.05) is 0 Å². The van der Waals surface area contributed by atoms with Crippen LogP contribution in [-0.4, -0.2) is 28.8 Å². The molecule has 1 aromatic heterocycles. The molecule has 0 aromatic carbocycles. The smallest absolute Gasteiger partial charge is 0.204 e. The molecule has 0 saturated heterocycles. The van der Waals surface area contributed by atoms with Crippen LogP contribution < -0.4 is 4.90 Å². The molecular weight excluding hydrogens is 142 g/mol. The highest BCUT2D eigenvalue weighted by Crippen LogP contribution is 2.09. The molecule has 0 atom stereocenters. The van der Waals surface area contributed by atoms with Gasteiger partial charge in [-0.15, -0.1) is 0 Å². The Labute approximate surface area is 66.1 Å². The van der Waals surface area contributed by atoms with Crippen LogP contribution >= 0.6 is 0 Å². The summed E-state index contributed by atoms with van der Waals surface area (Å²) in [5.41, 5.74) is 0.828. The van der Waals surface area contributed by atoms with Gasteiger partial charge in [-0.2, -0.15) is 0 Å². The van der Waals surface area contributed by atoms with E-state index >= 15 is 0 Å². The molecule has 0 amide bonds. The van der Waals surface area contributed by atoms with Crippen molar-refractivity contribution in [1.29, 1.82) is 0 Å². The minimum atomic E-state index is 0.0390. The molecule has 0 unspecified atom stereocenters. The zero-order valence-corrected chi connectivity index (χ0v) is 7.07. The van der Waals surface area contributed by atoms with Crippen molar-refractivity contribution in [2.45, 2.75) is 6.61 Å². The molecule has 0 saturated carbocycles. The molecule has 0 bridgehead atoms. The Morgan fingerprint density at radius 2 is 2.27 bits per heavy atom. The summed E-state index contributed by atoms with van der Waals surface area (Å²) in [6.45, 7) is 0.0390. The van der Waals surface area contributed by atoms with Gasteiger partial charge in [0.1, 0.15) is 0 Å². The van der Waals surface area contributed by atoms with Crippen molar-refractivity contribution < 1.29 is 5.11 Å². The first kappa shape index (κ1) is 8.07. The first-order valence-corrected chi connectivity index (χ1v) is 3.45. The molecule has 1 rings (SSSR count). The van der Waals surface area contributed by atoms with E-state index in [0.29, 0.717) is 0 Å². The molecule has 0 spiro atoms. The summed E-state index contributed by atoms with van der Waals surface area (Å²) in [7, 11) is 5.72. The SMILES string of the molecule is CN(C)c1ncc(CO)n1C. The van der Waals surface area contributed by atoms with Gasteiger partial charge in [0.2, 0.25) is 5.95 Å². The highest BCUT2D eigenvalue weighted by Gasteiger charge is 2.05. The average molecular weight is 155 g/mol. The van der Waals surface area contributed by atoms with E-state index in [2.05, 4.69) is 4.98 Å². The molecule has 11 heavy (non-hydrogen) atoms. The zero-order valence-electron chi connectivity index (χ0n) is 7.07. The minimum Gasteiger partial charge on any atom is -0.390 e. The van der Waals surface area contributed by atoms with E-state index in [1.54, 1.807) is 6.20 Å². The molecule has 0 aliphatic carbocycles. The van der Waals surface area contributed by atoms with Crippen LogP contribution in [0.25, 0.3) is 0 Å².